The summed E-state index contributed by atoms with van der Waals surface area (Å²) in [6.07, 6.45) is 1.71. The topological polar surface area (TPSA) is 38.1 Å². The van der Waals surface area contributed by atoms with Gasteiger partial charge in [0.05, 0.1) is 5.69 Å². The van der Waals surface area contributed by atoms with E-state index < -0.39 is 0 Å². The van der Waals surface area contributed by atoms with Crippen molar-refractivity contribution in [3.8, 4) is 11.5 Å². The second kappa shape index (κ2) is 5.47. The monoisotopic (exact) mass is 294 g/mol. The molecular formula is C13H15BrN2O. The molecule has 4 heteroatoms. The first-order chi connectivity index (χ1) is 8.22. The molecule has 2 rings (SSSR count). The van der Waals surface area contributed by atoms with Crippen LogP contribution in [0.1, 0.15) is 18.2 Å². The second-order valence-corrected chi connectivity index (χ2v) is 4.69. The number of halogens is 1. The molecule has 1 aromatic carbocycles. The maximum atomic E-state index is 5.51. The highest BCUT2D eigenvalue weighted by molar-refractivity contribution is 9.10. The van der Waals surface area contributed by atoms with Gasteiger partial charge in [-0.15, -0.1) is 0 Å². The molecule has 17 heavy (non-hydrogen) atoms. The van der Waals surface area contributed by atoms with Gasteiger partial charge in [0.1, 0.15) is 6.26 Å². The molecule has 1 N–H and O–H groups in total. The van der Waals surface area contributed by atoms with Crippen molar-refractivity contribution >= 4 is 15.9 Å². The minimum Gasteiger partial charge on any atom is -0.444 e. The van der Waals surface area contributed by atoms with Gasteiger partial charge in [0.2, 0.25) is 5.89 Å². The van der Waals surface area contributed by atoms with E-state index in [4.69, 9.17) is 4.42 Å². The van der Waals surface area contributed by atoms with E-state index in [9.17, 15) is 0 Å². The molecule has 1 heterocycles. The molecule has 0 unspecified atom stereocenters. The molecule has 0 saturated carbocycles. The quantitative estimate of drug-likeness (QED) is 0.937. The number of aromatic nitrogens is 1. The molecule has 2 aromatic rings. The molecule has 90 valence electrons. The molecule has 0 fully saturated rings. The van der Waals surface area contributed by atoms with Crippen LogP contribution in [0.15, 0.2) is 33.4 Å². The van der Waals surface area contributed by atoms with E-state index in [2.05, 4.69) is 33.2 Å². The molecule has 3 nitrogen and oxygen atoms in total. The van der Waals surface area contributed by atoms with Gasteiger partial charge in [-0.2, -0.15) is 0 Å². The summed E-state index contributed by atoms with van der Waals surface area (Å²) in [5.41, 5.74) is 3.10. The molecule has 1 aromatic heterocycles. The normalized spacial score (nSPS) is 10.8. The SMILES string of the molecule is CCNCc1coc(-c2cccc(Br)c2C)n1. The summed E-state index contributed by atoms with van der Waals surface area (Å²) in [4.78, 5) is 4.47. The van der Waals surface area contributed by atoms with Crippen LogP contribution < -0.4 is 5.32 Å². The van der Waals surface area contributed by atoms with Crippen LogP contribution in [-0.2, 0) is 6.54 Å². The van der Waals surface area contributed by atoms with Crippen LogP contribution in [0.5, 0.6) is 0 Å². The Morgan fingerprint density at radius 1 is 1.41 bits per heavy atom. The van der Waals surface area contributed by atoms with Crippen LogP contribution in [0.3, 0.4) is 0 Å². The van der Waals surface area contributed by atoms with Crippen molar-refractivity contribution in [2.75, 3.05) is 6.54 Å². The lowest BCUT2D eigenvalue weighted by Gasteiger charge is -2.02. The van der Waals surface area contributed by atoms with E-state index in [-0.39, 0.29) is 0 Å². The van der Waals surface area contributed by atoms with Crippen LogP contribution in [0.4, 0.5) is 0 Å². The van der Waals surface area contributed by atoms with Gasteiger partial charge in [-0.1, -0.05) is 28.9 Å². The van der Waals surface area contributed by atoms with Crippen LogP contribution in [0, 0.1) is 6.92 Å². The Labute approximate surface area is 109 Å². The number of rotatable bonds is 4. The number of oxazole rings is 1. The number of hydrogen-bond donors (Lipinski definition) is 1. The molecule has 0 amide bonds. The molecule has 0 radical (unpaired) electrons. The molecule has 0 aliphatic rings. The lowest BCUT2D eigenvalue weighted by Crippen LogP contribution is -2.11. The first-order valence-corrected chi connectivity index (χ1v) is 6.42. The largest absolute Gasteiger partial charge is 0.444 e. The highest BCUT2D eigenvalue weighted by Gasteiger charge is 2.10. The lowest BCUT2D eigenvalue weighted by molar-refractivity contribution is 0.570. The van der Waals surface area contributed by atoms with Crippen LogP contribution in [0.2, 0.25) is 0 Å². The molecular weight excluding hydrogens is 280 g/mol. The number of benzene rings is 1. The van der Waals surface area contributed by atoms with Crippen molar-refractivity contribution in [2.24, 2.45) is 0 Å². The summed E-state index contributed by atoms with van der Waals surface area (Å²) in [5.74, 6) is 0.678. The molecule has 0 aliphatic heterocycles. The first kappa shape index (κ1) is 12.3. The molecule has 0 atom stereocenters. The second-order valence-electron chi connectivity index (χ2n) is 3.84. The summed E-state index contributed by atoms with van der Waals surface area (Å²) < 4.78 is 6.58. The van der Waals surface area contributed by atoms with Crippen LogP contribution in [-0.4, -0.2) is 11.5 Å². The van der Waals surface area contributed by atoms with Crippen LogP contribution in [0.25, 0.3) is 11.5 Å². The minimum absolute atomic E-state index is 0.678. The van der Waals surface area contributed by atoms with Gasteiger partial charge >= 0.3 is 0 Å². The first-order valence-electron chi connectivity index (χ1n) is 5.63. The van der Waals surface area contributed by atoms with Crippen molar-refractivity contribution in [3.63, 3.8) is 0 Å². The Morgan fingerprint density at radius 3 is 3.00 bits per heavy atom. The standard InChI is InChI=1S/C13H15BrN2O/c1-3-15-7-10-8-17-13(16-10)11-5-4-6-12(14)9(11)2/h4-6,8,15H,3,7H2,1-2H3. The minimum atomic E-state index is 0.678. The fourth-order valence-corrected chi connectivity index (χ4v) is 1.97. The summed E-state index contributed by atoms with van der Waals surface area (Å²) in [7, 11) is 0. The summed E-state index contributed by atoms with van der Waals surface area (Å²) in [6.45, 7) is 5.79. The predicted octanol–water partition coefficient (Wildman–Crippen LogP) is 3.52. The molecule has 0 bridgehead atoms. The van der Waals surface area contributed by atoms with Crippen molar-refractivity contribution in [2.45, 2.75) is 20.4 Å². The van der Waals surface area contributed by atoms with E-state index >= 15 is 0 Å². The average molecular weight is 295 g/mol. The van der Waals surface area contributed by atoms with Gasteiger partial charge in [-0.3, -0.25) is 0 Å². The molecule has 0 saturated heterocycles. The third-order valence-electron chi connectivity index (χ3n) is 2.61. The van der Waals surface area contributed by atoms with E-state index in [0.717, 1.165) is 34.4 Å². The Balaban J connectivity index is 2.27. The highest BCUT2D eigenvalue weighted by Crippen LogP contribution is 2.27. The molecule has 0 aliphatic carbocycles. The van der Waals surface area contributed by atoms with Gasteiger partial charge in [0.25, 0.3) is 0 Å². The lowest BCUT2D eigenvalue weighted by atomic mass is 10.1. The number of nitrogens with one attached hydrogen (secondary N) is 1. The van der Waals surface area contributed by atoms with Gasteiger partial charge in [-0.25, -0.2) is 4.98 Å². The van der Waals surface area contributed by atoms with Crippen molar-refractivity contribution in [1.29, 1.82) is 0 Å². The predicted molar refractivity (Wildman–Crippen MR) is 71.8 cm³/mol. The molecule has 0 spiro atoms. The summed E-state index contributed by atoms with van der Waals surface area (Å²) >= 11 is 3.51. The fraction of sp³-hybridized carbons (Fsp3) is 0.308. The highest BCUT2D eigenvalue weighted by atomic mass is 79.9. The smallest absolute Gasteiger partial charge is 0.226 e. The zero-order chi connectivity index (χ0) is 12.3. The van der Waals surface area contributed by atoms with Gasteiger partial charge in [0, 0.05) is 16.6 Å². The number of hydrogen-bond acceptors (Lipinski definition) is 3. The van der Waals surface area contributed by atoms with Crippen molar-refractivity contribution < 1.29 is 4.42 Å². The maximum absolute atomic E-state index is 5.51. The Bertz CT molecular complexity index is 508. The van der Waals surface area contributed by atoms with Crippen LogP contribution >= 0.6 is 15.9 Å². The van der Waals surface area contributed by atoms with Gasteiger partial charge in [0.15, 0.2) is 0 Å². The van der Waals surface area contributed by atoms with E-state index in [1.165, 1.54) is 0 Å². The zero-order valence-electron chi connectivity index (χ0n) is 9.96. The summed E-state index contributed by atoms with van der Waals surface area (Å²) in [6, 6.07) is 6.02. The van der Waals surface area contributed by atoms with Gasteiger partial charge in [-0.05, 0) is 31.2 Å². The Morgan fingerprint density at radius 2 is 2.24 bits per heavy atom. The fourth-order valence-electron chi connectivity index (χ4n) is 1.60. The summed E-state index contributed by atoms with van der Waals surface area (Å²) in [5, 5.41) is 3.22. The number of nitrogens with zero attached hydrogens (tertiary/aromatic N) is 1. The Hall–Kier alpha value is -1.13. The van der Waals surface area contributed by atoms with Crippen molar-refractivity contribution in [1.82, 2.24) is 10.3 Å². The Kier molecular flexibility index (Phi) is 3.97. The van der Waals surface area contributed by atoms with E-state index in [0.29, 0.717) is 5.89 Å². The third-order valence-corrected chi connectivity index (χ3v) is 3.47. The van der Waals surface area contributed by atoms with Gasteiger partial charge < -0.3 is 9.73 Å². The third kappa shape index (κ3) is 2.76. The zero-order valence-corrected chi connectivity index (χ0v) is 11.5. The average Bonchev–Trinajstić information content (AvgIpc) is 2.78. The van der Waals surface area contributed by atoms with Crippen molar-refractivity contribution in [3.05, 3.63) is 40.2 Å². The maximum Gasteiger partial charge on any atom is 0.226 e. The van der Waals surface area contributed by atoms with E-state index in [1.807, 2.05) is 25.1 Å². The van der Waals surface area contributed by atoms with E-state index in [1.54, 1.807) is 6.26 Å².